The van der Waals surface area contributed by atoms with Gasteiger partial charge in [0.25, 0.3) is 5.91 Å². The first-order valence-electron chi connectivity index (χ1n) is 14.8. The lowest BCUT2D eigenvalue weighted by molar-refractivity contribution is -0.121. The Balaban J connectivity index is 1.16. The molecule has 4 fully saturated rings. The Bertz CT molecular complexity index is 854. The minimum Gasteiger partial charge on any atom is -0.356 e. The van der Waals surface area contributed by atoms with Crippen molar-refractivity contribution in [3.8, 4) is 0 Å². The van der Waals surface area contributed by atoms with Crippen molar-refractivity contribution in [1.29, 1.82) is 0 Å². The predicted molar refractivity (Wildman–Crippen MR) is 144 cm³/mol. The second kappa shape index (κ2) is 12.6. The van der Waals surface area contributed by atoms with Crippen LogP contribution in [0.1, 0.15) is 81.0 Å². The van der Waals surface area contributed by atoms with Crippen molar-refractivity contribution in [2.24, 2.45) is 11.8 Å². The first-order chi connectivity index (χ1) is 17.7. The number of amides is 2. The molecule has 1 N–H and O–H groups in total. The summed E-state index contributed by atoms with van der Waals surface area (Å²) >= 11 is 0. The average molecular weight is 495 g/mol. The number of nitrogens with one attached hydrogen (secondary N) is 1. The van der Waals surface area contributed by atoms with Crippen molar-refractivity contribution in [3.05, 3.63) is 35.9 Å². The van der Waals surface area contributed by atoms with E-state index in [0.717, 1.165) is 44.5 Å². The monoisotopic (exact) mass is 494 g/mol. The van der Waals surface area contributed by atoms with Gasteiger partial charge in [-0.3, -0.25) is 14.5 Å². The molecule has 4 heterocycles. The van der Waals surface area contributed by atoms with Gasteiger partial charge in [0.1, 0.15) is 0 Å². The number of rotatable bonds is 9. The number of hydrogen-bond acceptors (Lipinski definition) is 4. The number of piperidine rings is 4. The first kappa shape index (κ1) is 25.7. The minimum absolute atomic E-state index is 0.172. The molecule has 6 nitrogen and oxygen atoms in total. The topological polar surface area (TPSA) is 55.9 Å². The van der Waals surface area contributed by atoms with E-state index in [9.17, 15) is 9.59 Å². The molecule has 0 spiro atoms. The largest absolute Gasteiger partial charge is 0.356 e. The van der Waals surface area contributed by atoms with Gasteiger partial charge in [-0.2, -0.15) is 0 Å². The van der Waals surface area contributed by atoms with E-state index in [-0.39, 0.29) is 17.9 Å². The Morgan fingerprint density at radius 2 is 1.67 bits per heavy atom. The van der Waals surface area contributed by atoms with E-state index in [1.165, 1.54) is 71.1 Å². The lowest BCUT2D eigenvalue weighted by Crippen LogP contribution is -2.65. The molecule has 0 aromatic heterocycles. The van der Waals surface area contributed by atoms with Crippen LogP contribution in [0.3, 0.4) is 0 Å². The van der Waals surface area contributed by atoms with Crippen LogP contribution in [-0.4, -0.2) is 84.4 Å². The van der Waals surface area contributed by atoms with Crippen LogP contribution in [0.2, 0.25) is 0 Å². The van der Waals surface area contributed by atoms with Gasteiger partial charge in [-0.15, -0.1) is 0 Å². The third kappa shape index (κ3) is 6.13. The van der Waals surface area contributed by atoms with Crippen molar-refractivity contribution in [2.75, 3.05) is 45.8 Å². The van der Waals surface area contributed by atoms with Crippen LogP contribution in [0.25, 0.3) is 0 Å². The fourth-order valence-corrected chi connectivity index (χ4v) is 7.62. The van der Waals surface area contributed by atoms with E-state index in [2.05, 4.69) is 20.0 Å². The Labute approximate surface area is 217 Å². The lowest BCUT2D eigenvalue weighted by atomic mass is 9.69. The molecule has 1 aromatic rings. The summed E-state index contributed by atoms with van der Waals surface area (Å²) in [5, 5.41) is 3.15. The van der Waals surface area contributed by atoms with E-state index < -0.39 is 0 Å². The summed E-state index contributed by atoms with van der Waals surface area (Å²) in [6.45, 7) is 7.62. The van der Waals surface area contributed by atoms with Gasteiger partial charge in [0.2, 0.25) is 5.91 Å². The summed E-state index contributed by atoms with van der Waals surface area (Å²) in [6.07, 6.45) is 12.3. The standard InChI is InChI=1S/C30H46N4O2/c35-28(31-17-10-20-32-18-5-2-6-19-32)16-7-15-27-26-14-9-22-33-21-8-13-25(29(26)33)23-34(27)30(36)24-11-3-1-4-12-24/h1,3-4,11-12,25-27,29H,2,5-10,13-23H2,(H,31,35)/t25-,26+,27+,29-/m0/s1. The second-order valence-electron chi connectivity index (χ2n) is 11.6. The molecule has 5 rings (SSSR count). The molecule has 198 valence electrons. The summed E-state index contributed by atoms with van der Waals surface area (Å²) < 4.78 is 0. The molecule has 4 aliphatic heterocycles. The highest BCUT2D eigenvalue weighted by atomic mass is 16.2. The van der Waals surface area contributed by atoms with Crippen LogP contribution in [0.4, 0.5) is 0 Å². The molecule has 0 bridgehead atoms. The number of nitrogens with zero attached hydrogens (tertiary/aromatic N) is 3. The van der Waals surface area contributed by atoms with Crippen LogP contribution in [0, 0.1) is 11.8 Å². The zero-order valence-electron chi connectivity index (χ0n) is 22.1. The fraction of sp³-hybridized carbons (Fsp3) is 0.733. The molecule has 0 saturated carbocycles. The quantitative estimate of drug-likeness (QED) is 0.524. The highest BCUT2D eigenvalue weighted by Gasteiger charge is 2.49. The predicted octanol–water partition coefficient (Wildman–Crippen LogP) is 4.16. The Kier molecular flexibility index (Phi) is 8.97. The molecule has 4 aliphatic rings. The van der Waals surface area contributed by atoms with Crippen LogP contribution in [0.15, 0.2) is 30.3 Å². The highest BCUT2D eigenvalue weighted by molar-refractivity contribution is 5.94. The second-order valence-corrected chi connectivity index (χ2v) is 11.6. The van der Waals surface area contributed by atoms with Crippen LogP contribution in [0.5, 0.6) is 0 Å². The number of hydrogen-bond donors (Lipinski definition) is 1. The van der Waals surface area contributed by atoms with Crippen molar-refractivity contribution < 1.29 is 9.59 Å². The van der Waals surface area contributed by atoms with E-state index in [0.29, 0.717) is 24.3 Å². The summed E-state index contributed by atoms with van der Waals surface area (Å²) in [4.78, 5) is 33.8. The normalized spacial score (nSPS) is 28.9. The van der Waals surface area contributed by atoms with E-state index in [1.54, 1.807) is 0 Å². The summed E-state index contributed by atoms with van der Waals surface area (Å²) in [6, 6.07) is 10.7. The zero-order chi connectivity index (χ0) is 24.7. The van der Waals surface area contributed by atoms with Crippen LogP contribution >= 0.6 is 0 Å². The van der Waals surface area contributed by atoms with E-state index in [4.69, 9.17) is 0 Å². The number of likely N-dealkylation sites (tertiary alicyclic amines) is 2. The average Bonchev–Trinajstić information content (AvgIpc) is 2.93. The van der Waals surface area contributed by atoms with Gasteiger partial charge in [-0.05, 0) is 114 Å². The zero-order valence-corrected chi connectivity index (χ0v) is 22.1. The number of carbonyl (C=O) groups is 2. The van der Waals surface area contributed by atoms with Gasteiger partial charge in [0.15, 0.2) is 0 Å². The molecule has 0 radical (unpaired) electrons. The van der Waals surface area contributed by atoms with Gasteiger partial charge >= 0.3 is 0 Å². The number of benzene rings is 1. The molecule has 4 saturated heterocycles. The molecular formula is C30H46N4O2. The Morgan fingerprint density at radius 1 is 0.889 bits per heavy atom. The van der Waals surface area contributed by atoms with Crippen molar-refractivity contribution in [1.82, 2.24) is 20.0 Å². The Morgan fingerprint density at radius 3 is 2.47 bits per heavy atom. The SMILES string of the molecule is O=C(CCC[C@@H]1[C@H]2CCCN3CCC[C@@H](CN1C(=O)c1ccccc1)[C@@H]23)NCCCN1CCCCC1. The fourth-order valence-electron chi connectivity index (χ4n) is 7.62. The van der Waals surface area contributed by atoms with Crippen LogP contribution < -0.4 is 5.32 Å². The molecule has 36 heavy (non-hydrogen) atoms. The maximum atomic E-state index is 13.7. The molecule has 6 heteroatoms. The third-order valence-electron chi connectivity index (χ3n) is 9.28. The Hall–Kier alpha value is -1.92. The van der Waals surface area contributed by atoms with Gasteiger partial charge < -0.3 is 15.1 Å². The van der Waals surface area contributed by atoms with Gasteiger partial charge in [0.05, 0.1) is 0 Å². The van der Waals surface area contributed by atoms with Gasteiger partial charge in [0, 0.05) is 37.2 Å². The molecule has 4 atom stereocenters. The first-order valence-corrected chi connectivity index (χ1v) is 14.8. The summed E-state index contributed by atoms with van der Waals surface area (Å²) in [5.41, 5.74) is 0.802. The van der Waals surface area contributed by atoms with Gasteiger partial charge in [-0.1, -0.05) is 24.6 Å². The van der Waals surface area contributed by atoms with Crippen molar-refractivity contribution in [2.45, 2.75) is 82.7 Å². The summed E-state index contributed by atoms with van der Waals surface area (Å²) in [7, 11) is 0. The van der Waals surface area contributed by atoms with Crippen molar-refractivity contribution in [3.63, 3.8) is 0 Å². The molecule has 0 aliphatic carbocycles. The molecule has 0 unspecified atom stereocenters. The van der Waals surface area contributed by atoms with E-state index >= 15 is 0 Å². The van der Waals surface area contributed by atoms with E-state index in [1.807, 2.05) is 30.3 Å². The lowest BCUT2D eigenvalue weighted by Gasteiger charge is -2.57. The smallest absolute Gasteiger partial charge is 0.254 e. The summed E-state index contributed by atoms with van der Waals surface area (Å²) in [5.74, 6) is 1.49. The van der Waals surface area contributed by atoms with Crippen LogP contribution in [-0.2, 0) is 4.79 Å². The molecule has 1 aromatic carbocycles. The maximum absolute atomic E-state index is 13.7. The third-order valence-corrected chi connectivity index (χ3v) is 9.28. The molecular weight excluding hydrogens is 448 g/mol. The minimum atomic E-state index is 0.172. The maximum Gasteiger partial charge on any atom is 0.254 e. The number of carbonyl (C=O) groups excluding carboxylic acids is 2. The molecule has 2 amide bonds. The van der Waals surface area contributed by atoms with Crippen molar-refractivity contribution >= 4 is 11.8 Å². The van der Waals surface area contributed by atoms with Gasteiger partial charge in [-0.25, -0.2) is 0 Å². The highest BCUT2D eigenvalue weighted by Crippen LogP contribution is 2.43.